The van der Waals surface area contributed by atoms with E-state index in [0.717, 1.165) is 10.4 Å². The Morgan fingerprint density at radius 3 is 2.20 bits per heavy atom. The van der Waals surface area contributed by atoms with Gasteiger partial charge in [0.25, 0.3) is 5.91 Å². The molecule has 1 N–H and O–H groups in total. The number of nitrogens with one attached hydrogen (secondary N) is 1. The van der Waals surface area contributed by atoms with Crippen LogP contribution < -0.4 is 5.32 Å². The molecule has 3 rings (SSSR count). The van der Waals surface area contributed by atoms with E-state index in [9.17, 15) is 9.59 Å². The quantitative estimate of drug-likeness (QED) is 0.893. The Morgan fingerprint density at radius 2 is 1.68 bits per heavy atom. The minimum Gasteiger partial charge on any atom is -0.378 e. The summed E-state index contributed by atoms with van der Waals surface area (Å²) in [5.74, 6) is -0.0175. The van der Waals surface area contributed by atoms with Gasteiger partial charge in [-0.05, 0) is 30.2 Å². The first-order valence-electron chi connectivity index (χ1n) is 8.87. The van der Waals surface area contributed by atoms with E-state index in [4.69, 9.17) is 4.74 Å². The van der Waals surface area contributed by atoms with Crippen LogP contribution in [-0.4, -0.2) is 43.0 Å². The summed E-state index contributed by atoms with van der Waals surface area (Å²) in [6.07, 6.45) is 0. The number of hydrogen-bond acceptors (Lipinski definition) is 4. The van der Waals surface area contributed by atoms with Crippen LogP contribution in [0.2, 0.25) is 0 Å². The van der Waals surface area contributed by atoms with Crippen molar-refractivity contribution in [1.29, 1.82) is 0 Å². The van der Waals surface area contributed by atoms with Crippen LogP contribution in [-0.2, 0) is 9.53 Å². The Hall–Kier alpha value is -1.40. The highest BCUT2D eigenvalue weighted by Crippen LogP contribution is 2.68. The predicted molar refractivity (Wildman–Crippen MR) is 100 cm³/mol. The summed E-state index contributed by atoms with van der Waals surface area (Å²) in [5.41, 5.74) is 1.57. The number of amides is 2. The largest absolute Gasteiger partial charge is 0.378 e. The molecule has 0 unspecified atom stereocenters. The number of anilines is 1. The van der Waals surface area contributed by atoms with Crippen molar-refractivity contribution in [3.63, 3.8) is 0 Å². The van der Waals surface area contributed by atoms with Crippen LogP contribution in [0.15, 0.2) is 0 Å². The van der Waals surface area contributed by atoms with Crippen molar-refractivity contribution in [3.05, 3.63) is 16.0 Å². The van der Waals surface area contributed by atoms with Crippen molar-refractivity contribution >= 4 is 28.2 Å². The third kappa shape index (κ3) is 2.89. The van der Waals surface area contributed by atoms with Gasteiger partial charge in [-0.3, -0.25) is 9.59 Å². The van der Waals surface area contributed by atoms with Crippen molar-refractivity contribution in [1.82, 2.24) is 4.90 Å². The molecule has 1 aliphatic carbocycles. The van der Waals surface area contributed by atoms with Crippen LogP contribution in [0.4, 0.5) is 5.00 Å². The smallest absolute Gasteiger partial charge is 0.257 e. The normalized spacial score (nSPS) is 21.9. The fourth-order valence-electron chi connectivity index (χ4n) is 3.93. The molecule has 1 saturated heterocycles. The molecule has 1 aromatic rings. The highest BCUT2D eigenvalue weighted by molar-refractivity contribution is 7.16. The van der Waals surface area contributed by atoms with E-state index in [2.05, 4.69) is 33.0 Å². The standard InChI is InChI=1S/C19H28N2O3S/c1-11-12(2)25-16(13(11)17(23)21-7-9-24-10-8-21)20-15(22)14-18(3,4)19(14,5)6/h14H,7-10H2,1-6H3,(H,20,22). The number of thiophene rings is 1. The third-order valence-electron chi connectivity index (χ3n) is 6.42. The van der Waals surface area contributed by atoms with E-state index in [1.807, 2.05) is 18.7 Å². The molecule has 0 atom stereocenters. The van der Waals surface area contributed by atoms with Gasteiger partial charge >= 0.3 is 0 Å². The van der Waals surface area contributed by atoms with Crippen LogP contribution in [0.1, 0.15) is 48.5 Å². The van der Waals surface area contributed by atoms with E-state index < -0.39 is 0 Å². The molecule has 25 heavy (non-hydrogen) atoms. The molecule has 2 heterocycles. The number of morpholine rings is 1. The zero-order valence-electron chi connectivity index (χ0n) is 16.0. The maximum atomic E-state index is 13.0. The van der Waals surface area contributed by atoms with E-state index in [1.54, 1.807) is 0 Å². The van der Waals surface area contributed by atoms with Crippen LogP contribution in [0.3, 0.4) is 0 Å². The summed E-state index contributed by atoms with van der Waals surface area (Å²) in [7, 11) is 0. The Morgan fingerprint density at radius 1 is 1.12 bits per heavy atom. The van der Waals surface area contributed by atoms with Gasteiger partial charge < -0.3 is 15.0 Å². The van der Waals surface area contributed by atoms with Gasteiger partial charge in [0, 0.05) is 23.9 Å². The SMILES string of the molecule is Cc1sc(NC(=O)C2C(C)(C)C2(C)C)c(C(=O)N2CCOCC2)c1C. The number of nitrogens with zero attached hydrogens (tertiary/aromatic N) is 1. The maximum absolute atomic E-state index is 13.0. The summed E-state index contributed by atoms with van der Waals surface area (Å²) < 4.78 is 5.34. The molecule has 6 heteroatoms. The maximum Gasteiger partial charge on any atom is 0.257 e. The Balaban J connectivity index is 1.84. The van der Waals surface area contributed by atoms with Crippen LogP contribution in [0, 0.1) is 30.6 Å². The number of rotatable bonds is 3. The number of carbonyl (C=O) groups is 2. The predicted octanol–water partition coefficient (Wildman–Crippen LogP) is 3.46. The number of ether oxygens (including phenoxy) is 1. The average molecular weight is 365 g/mol. The second-order valence-electron chi connectivity index (χ2n) is 8.26. The second kappa shape index (κ2) is 6.09. The molecule has 0 aromatic carbocycles. The Bertz CT molecular complexity index is 700. The Labute approximate surface area is 153 Å². The lowest BCUT2D eigenvalue weighted by atomic mass is 10.0. The van der Waals surface area contributed by atoms with Crippen molar-refractivity contribution in [3.8, 4) is 0 Å². The molecule has 2 fully saturated rings. The molecule has 138 valence electrons. The zero-order valence-corrected chi connectivity index (χ0v) is 16.8. The summed E-state index contributed by atoms with van der Waals surface area (Å²) in [4.78, 5) is 28.7. The minimum absolute atomic E-state index is 0.00485. The summed E-state index contributed by atoms with van der Waals surface area (Å²) in [6.45, 7) is 14.8. The highest BCUT2D eigenvalue weighted by atomic mass is 32.1. The van der Waals surface area contributed by atoms with Crippen molar-refractivity contribution in [2.75, 3.05) is 31.6 Å². The van der Waals surface area contributed by atoms with E-state index in [1.165, 1.54) is 11.3 Å². The lowest BCUT2D eigenvalue weighted by Crippen LogP contribution is -2.41. The summed E-state index contributed by atoms with van der Waals surface area (Å²) in [6, 6.07) is 0. The molecule has 1 saturated carbocycles. The summed E-state index contributed by atoms with van der Waals surface area (Å²) in [5, 5.41) is 3.76. The minimum atomic E-state index is -0.0333. The first kappa shape index (κ1) is 18.4. The van der Waals surface area contributed by atoms with Crippen LogP contribution in [0.5, 0.6) is 0 Å². The van der Waals surface area contributed by atoms with Gasteiger partial charge in [0.05, 0.1) is 18.8 Å². The molecule has 0 bridgehead atoms. The highest BCUT2D eigenvalue weighted by Gasteiger charge is 2.68. The molecule has 1 aromatic heterocycles. The topological polar surface area (TPSA) is 58.6 Å². The van der Waals surface area contributed by atoms with Crippen LogP contribution >= 0.6 is 11.3 Å². The first-order chi connectivity index (χ1) is 11.6. The molecule has 1 aliphatic heterocycles. The van der Waals surface area contributed by atoms with Gasteiger partial charge in [-0.25, -0.2) is 0 Å². The monoisotopic (exact) mass is 364 g/mol. The molecule has 0 radical (unpaired) electrons. The molecular weight excluding hydrogens is 336 g/mol. The van der Waals surface area contributed by atoms with Gasteiger partial charge in [0.15, 0.2) is 0 Å². The van der Waals surface area contributed by atoms with Crippen LogP contribution in [0.25, 0.3) is 0 Å². The third-order valence-corrected chi connectivity index (χ3v) is 7.54. The number of hydrogen-bond donors (Lipinski definition) is 1. The fraction of sp³-hybridized carbons (Fsp3) is 0.684. The lowest BCUT2D eigenvalue weighted by molar-refractivity contribution is -0.118. The van der Waals surface area contributed by atoms with Gasteiger partial charge in [0.1, 0.15) is 5.00 Å². The zero-order chi connectivity index (χ0) is 18.6. The number of carbonyl (C=O) groups excluding carboxylic acids is 2. The second-order valence-corrected chi connectivity index (χ2v) is 9.48. The average Bonchev–Trinajstić information content (AvgIpc) is 2.79. The molecule has 2 amide bonds. The molecule has 5 nitrogen and oxygen atoms in total. The van der Waals surface area contributed by atoms with Gasteiger partial charge in [-0.15, -0.1) is 11.3 Å². The fourth-order valence-corrected chi connectivity index (χ4v) is 4.99. The summed E-state index contributed by atoms with van der Waals surface area (Å²) >= 11 is 1.50. The molecular formula is C19H28N2O3S. The van der Waals surface area contributed by atoms with Crippen molar-refractivity contribution in [2.24, 2.45) is 16.7 Å². The van der Waals surface area contributed by atoms with E-state index in [-0.39, 0.29) is 28.6 Å². The van der Waals surface area contributed by atoms with E-state index >= 15 is 0 Å². The number of aryl methyl sites for hydroxylation is 1. The van der Waals surface area contributed by atoms with Gasteiger partial charge in [-0.2, -0.15) is 0 Å². The van der Waals surface area contributed by atoms with Crippen molar-refractivity contribution < 1.29 is 14.3 Å². The van der Waals surface area contributed by atoms with E-state index in [0.29, 0.717) is 36.9 Å². The first-order valence-corrected chi connectivity index (χ1v) is 9.68. The Kier molecular flexibility index (Phi) is 4.48. The molecule has 2 aliphatic rings. The van der Waals surface area contributed by atoms with Gasteiger partial charge in [0.2, 0.25) is 5.91 Å². The van der Waals surface area contributed by atoms with Crippen molar-refractivity contribution in [2.45, 2.75) is 41.5 Å². The lowest BCUT2D eigenvalue weighted by Gasteiger charge is -2.27. The van der Waals surface area contributed by atoms with Gasteiger partial charge in [-0.1, -0.05) is 27.7 Å². The molecule has 0 spiro atoms.